The largest absolute Gasteiger partial charge is 0.103 e. The normalized spacial score (nSPS) is 8.25. The molecule has 0 aliphatic heterocycles. The first-order chi connectivity index (χ1) is 3.77. The van der Waals surface area contributed by atoms with Crippen molar-refractivity contribution in [3.63, 3.8) is 0 Å². The molecule has 0 spiro atoms. The van der Waals surface area contributed by atoms with E-state index in [1.54, 1.807) is 0 Å². The van der Waals surface area contributed by atoms with Crippen molar-refractivity contribution in [1.82, 2.24) is 0 Å². The van der Waals surface area contributed by atoms with E-state index < -0.39 is 0 Å². The van der Waals surface area contributed by atoms with Gasteiger partial charge in [0, 0.05) is 0 Å². The van der Waals surface area contributed by atoms with Crippen LogP contribution >= 0.6 is 31.9 Å². The second-order valence-corrected chi connectivity index (χ2v) is 4.13. The van der Waals surface area contributed by atoms with Gasteiger partial charge in [0.25, 0.3) is 0 Å². The second-order valence-electron chi connectivity index (χ2n) is 1.36. The van der Waals surface area contributed by atoms with Crippen molar-refractivity contribution in [2.24, 2.45) is 0 Å². The minimum atomic E-state index is 1.02. The molecule has 8 heavy (non-hydrogen) atoms. The Morgan fingerprint density at radius 3 is 2.38 bits per heavy atom. The lowest BCUT2D eigenvalue weighted by Crippen LogP contribution is -1.60. The van der Waals surface area contributed by atoms with E-state index in [9.17, 15) is 0 Å². The van der Waals surface area contributed by atoms with Crippen LogP contribution in [0.5, 0.6) is 0 Å². The van der Waals surface area contributed by atoms with Gasteiger partial charge in [-0.2, -0.15) is 0 Å². The van der Waals surface area contributed by atoms with E-state index in [4.69, 9.17) is 0 Å². The van der Waals surface area contributed by atoms with Gasteiger partial charge in [0.2, 0.25) is 0 Å². The molecule has 0 rings (SSSR count). The minimum Gasteiger partial charge on any atom is -0.103 e. The highest BCUT2D eigenvalue weighted by Crippen LogP contribution is 2.13. The molecular formula is C6H8Br2. The van der Waals surface area contributed by atoms with Crippen LogP contribution in [0.15, 0.2) is 22.1 Å². The highest BCUT2D eigenvalue weighted by Gasteiger charge is 1.78. The molecule has 0 aromatic rings. The molecule has 0 unspecified atom stereocenters. The fraction of sp³-hybridized carbons (Fsp3) is 0.333. The first kappa shape index (κ1) is 8.44. The van der Waals surface area contributed by atoms with Gasteiger partial charge in [0.15, 0.2) is 0 Å². The Labute approximate surface area is 66.9 Å². The van der Waals surface area contributed by atoms with Gasteiger partial charge in [-0.25, -0.2) is 0 Å². The Bertz CT molecular complexity index is 90.7. The van der Waals surface area contributed by atoms with Gasteiger partial charge in [0.1, 0.15) is 0 Å². The Hall–Kier alpha value is 0.440. The van der Waals surface area contributed by atoms with E-state index in [2.05, 4.69) is 44.5 Å². The van der Waals surface area contributed by atoms with Crippen LogP contribution in [0.25, 0.3) is 0 Å². The van der Waals surface area contributed by atoms with Crippen molar-refractivity contribution in [1.29, 1.82) is 0 Å². The summed E-state index contributed by atoms with van der Waals surface area (Å²) in [7, 11) is 0. The summed E-state index contributed by atoms with van der Waals surface area (Å²) in [5, 5.41) is 0. The molecule has 0 saturated carbocycles. The highest BCUT2D eigenvalue weighted by atomic mass is 79.9. The number of hydrogen-bond donors (Lipinski definition) is 0. The van der Waals surface area contributed by atoms with Crippen LogP contribution < -0.4 is 0 Å². The van der Waals surface area contributed by atoms with Crippen LogP contribution in [0.3, 0.4) is 0 Å². The second kappa shape index (κ2) is 5.57. The van der Waals surface area contributed by atoms with Crippen LogP contribution in [0.2, 0.25) is 0 Å². The summed E-state index contributed by atoms with van der Waals surface area (Å²) in [6.45, 7) is 3.60. The van der Waals surface area contributed by atoms with Gasteiger partial charge in [-0.15, -0.1) is 6.58 Å². The van der Waals surface area contributed by atoms with Gasteiger partial charge < -0.3 is 0 Å². The summed E-state index contributed by atoms with van der Waals surface area (Å²) >= 11 is 6.50. The number of rotatable bonds is 3. The van der Waals surface area contributed by atoms with E-state index >= 15 is 0 Å². The predicted octanol–water partition coefficient (Wildman–Crippen LogP) is 3.58. The smallest absolute Gasteiger partial charge is 0.0564 e. The third kappa shape index (κ3) is 6.44. The first-order valence-corrected chi connectivity index (χ1v) is 3.98. The molecule has 0 fully saturated rings. The summed E-state index contributed by atoms with van der Waals surface area (Å²) in [6, 6.07) is 0. The minimum absolute atomic E-state index is 1.02. The monoisotopic (exact) mass is 238 g/mol. The van der Waals surface area contributed by atoms with Crippen LogP contribution in [0.4, 0.5) is 0 Å². The SMILES string of the molecule is C=CCCC=C(Br)Br. The van der Waals surface area contributed by atoms with Crippen molar-refractivity contribution >= 4 is 31.9 Å². The average molecular weight is 240 g/mol. The van der Waals surface area contributed by atoms with Crippen LogP contribution in [0, 0.1) is 0 Å². The summed E-state index contributed by atoms with van der Waals surface area (Å²) in [4.78, 5) is 0. The van der Waals surface area contributed by atoms with E-state index in [1.807, 2.05) is 6.08 Å². The van der Waals surface area contributed by atoms with Gasteiger partial charge in [-0.3, -0.25) is 0 Å². The summed E-state index contributed by atoms with van der Waals surface area (Å²) in [6.07, 6.45) is 6.05. The van der Waals surface area contributed by atoms with E-state index in [-0.39, 0.29) is 0 Å². The Morgan fingerprint density at radius 2 is 2.00 bits per heavy atom. The topological polar surface area (TPSA) is 0 Å². The summed E-state index contributed by atoms with van der Waals surface area (Å²) in [5.41, 5.74) is 0. The number of halogens is 2. The van der Waals surface area contributed by atoms with Crippen LogP contribution in [-0.4, -0.2) is 0 Å². The Balaban J connectivity index is 3.15. The van der Waals surface area contributed by atoms with Gasteiger partial charge in [-0.1, -0.05) is 12.2 Å². The molecule has 0 nitrogen and oxygen atoms in total. The van der Waals surface area contributed by atoms with Crippen LogP contribution in [-0.2, 0) is 0 Å². The molecule has 0 bridgehead atoms. The Kier molecular flexibility index (Phi) is 5.88. The summed E-state index contributed by atoms with van der Waals surface area (Å²) < 4.78 is 1.02. The van der Waals surface area contributed by atoms with Crippen molar-refractivity contribution in [2.45, 2.75) is 12.8 Å². The number of unbranched alkanes of at least 4 members (excludes halogenated alkanes) is 1. The van der Waals surface area contributed by atoms with Gasteiger partial charge in [0.05, 0.1) is 3.39 Å². The molecule has 0 aromatic carbocycles. The van der Waals surface area contributed by atoms with Crippen LogP contribution in [0.1, 0.15) is 12.8 Å². The maximum atomic E-state index is 3.60. The molecule has 0 saturated heterocycles. The average Bonchev–Trinajstić information content (AvgIpc) is 1.66. The lowest BCUT2D eigenvalue weighted by Gasteiger charge is -1.83. The lowest BCUT2D eigenvalue weighted by molar-refractivity contribution is 1.06. The predicted molar refractivity (Wildman–Crippen MR) is 45.4 cm³/mol. The zero-order valence-electron chi connectivity index (χ0n) is 4.53. The maximum absolute atomic E-state index is 3.60. The molecule has 46 valence electrons. The quantitative estimate of drug-likeness (QED) is 0.522. The van der Waals surface area contributed by atoms with Gasteiger partial charge in [-0.05, 0) is 44.7 Å². The van der Waals surface area contributed by atoms with Gasteiger partial charge >= 0.3 is 0 Å². The fourth-order valence-corrected chi connectivity index (χ4v) is 0.768. The van der Waals surface area contributed by atoms with E-state index in [0.29, 0.717) is 0 Å². The lowest BCUT2D eigenvalue weighted by atomic mass is 10.3. The molecule has 0 radical (unpaired) electrons. The van der Waals surface area contributed by atoms with Crippen molar-refractivity contribution in [3.8, 4) is 0 Å². The van der Waals surface area contributed by atoms with E-state index in [0.717, 1.165) is 16.2 Å². The van der Waals surface area contributed by atoms with E-state index in [1.165, 1.54) is 0 Å². The summed E-state index contributed by atoms with van der Waals surface area (Å²) in [5.74, 6) is 0. The molecule has 0 aromatic heterocycles. The molecule has 0 aliphatic carbocycles. The first-order valence-electron chi connectivity index (χ1n) is 2.39. The van der Waals surface area contributed by atoms with Crippen molar-refractivity contribution in [2.75, 3.05) is 0 Å². The fourth-order valence-electron chi connectivity index (χ4n) is 0.310. The standard InChI is InChI=1S/C6H8Br2/c1-2-3-4-5-6(7)8/h2,5H,1,3-4H2. The third-order valence-corrected chi connectivity index (χ3v) is 1.32. The molecular weight excluding hydrogens is 232 g/mol. The van der Waals surface area contributed by atoms with Crippen molar-refractivity contribution < 1.29 is 0 Å². The molecule has 0 atom stereocenters. The molecule has 0 aliphatic rings. The number of hydrogen-bond acceptors (Lipinski definition) is 0. The molecule has 0 amide bonds. The molecule has 2 heteroatoms. The number of allylic oxidation sites excluding steroid dienone is 2. The molecule has 0 heterocycles. The highest BCUT2D eigenvalue weighted by molar-refractivity contribution is 9.28. The zero-order chi connectivity index (χ0) is 6.41. The third-order valence-electron chi connectivity index (χ3n) is 0.669. The zero-order valence-corrected chi connectivity index (χ0v) is 7.70. The Morgan fingerprint density at radius 1 is 1.38 bits per heavy atom. The van der Waals surface area contributed by atoms with Crippen molar-refractivity contribution in [3.05, 3.63) is 22.1 Å². The molecule has 0 N–H and O–H groups in total. The maximum Gasteiger partial charge on any atom is 0.0564 e.